The van der Waals surface area contributed by atoms with Gasteiger partial charge < -0.3 is 15.4 Å². The number of rotatable bonds is 8. The van der Waals surface area contributed by atoms with E-state index in [9.17, 15) is 9.59 Å². The summed E-state index contributed by atoms with van der Waals surface area (Å²) in [7, 11) is 0. The third kappa shape index (κ3) is 7.21. The van der Waals surface area contributed by atoms with Gasteiger partial charge in [0.1, 0.15) is 5.75 Å². The molecule has 0 fully saturated rings. The van der Waals surface area contributed by atoms with Crippen molar-refractivity contribution in [2.45, 2.75) is 19.8 Å². The second-order valence-corrected chi connectivity index (χ2v) is 7.39. The van der Waals surface area contributed by atoms with Gasteiger partial charge in [0.15, 0.2) is 5.11 Å². The van der Waals surface area contributed by atoms with Gasteiger partial charge in [-0.25, -0.2) is 0 Å². The first-order chi connectivity index (χ1) is 15.5. The highest BCUT2D eigenvalue weighted by molar-refractivity contribution is 7.80. The molecule has 0 aliphatic heterocycles. The standard InChI is InChI=1S/C25H25N3O3S/c1-2-31-22-10-6-9-19(17-22)24(30)28-25(32)27-21-14-12-20(13-15-21)26-23(29)16-11-18-7-4-3-5-8-18/h3-10,12-15,17H,2,11,16H2,1H3,(H,26,29)(H2,27,28,30,32). The van der Waals surface area contributed by atoms with Gasteiger partial charge in [-0.2, -0.15) is 0 Å². The molecule has 3 aromatic carbocycles. The van der Waals surface area contributed by atoms with Gasteiger partial charge in [0, 0.05) is 23.4 Å². The summed E-state index contributed by atoms with van der Waals surface area (Å²) in [6.45, 7) is 2.40. The van der Waals surface area contributed by atoms with Gasteiger partial charge in [0.05, 0.1) is 6.61 Å². The average Bonchev–Trinajstić information content (AvgIpc) is 2.80. The minimum atomic E-state index is -0.327. The summed E-state index contributed by atoms with van der Waals surface area (Å²) in [5, 5.41) is 8.67. The second-order valence-electron chi connectivity index (χ2n) is 6.98. The van der Waals surface area contributed by atoms with E-state index in [2.05, 4.69) is 16.0 Å². The number of nitrogens with one attached hydrogen (secondary N) is 3. The lowest BCUT2D eigenvalue weighted by atomic mass is 10.1. The van der Waals surface area contributed by atoms with Crippen LogP contribution in [0.4, 0.5) is 11.4 Å². The zero-order valence-electron chi connectivity index (χ0n) is 17.8. The van der Waals surface area contributed by atoms with Gasteiger partial charge in [-0.05, 0) is 73.6 Å². The Labute approximate surface area is 193 Å². The first-order valence-electron chi connectivity index (χ1n) is 10.3. The van der Waals surface area contributed by atoms with Crippen molar-refractivity contribution in [3.63, 3.8) is 0 Å². The molecule has 3 rings (SSSR count). The molecular weight excluding hydrogens is 422 g/mol. The molecule has 2 amide bonds. The van der Waals surface area contributed by atoms with E-state index in [4.69, 9.17) is 17.0 Å². The SMILES string of the molecule is CCOc1cccc(C(=O)NC(=S)Nc2ccc(NC(=O)CCc3ccccc3)cc2)c1. The van der Waals surface area contributed by atoms with Gasteiger partial charge in [-0.15, -0.1) is 0 Å². The summed E-state index contributed by atoms with van der Waals surface area (Å²) in [5.41, 5.74) is 2.97. The Bertz CT molecular complexity index is 1070. The van der Waals surface area contributed by atoms with Crippen LogP contribution in [0.3, 0.4) is 0 Å². The van der Waals surface area contributed by atoms with Crippen LogP contribution in [-0.2, 0) is 11.2 Å². The summed E-state index contributed by atoms with van der Waals surface area (Å²) in [5.74, 6) is 0.249. The Morgan fingerprint density at radius 1 is 0.875 bits per heavy atom. The number of thiocarbonyl (C=S) groups is 1. The third-order valence-corrected chi connectivity index (χ3v) is 4.75. The monoisotopic (exact) mass is 447 g/mol. The highest BCUT2D eigenvalue weighted by Gasteiger charge is 2.09. The zero-order valence-corrected chi connectivity index (χ0v) is 18.6. The van der Waals surface area contributed by atoms with Crippen molar-refractivity contribution in [3.05, 3.63) is 90.0 Å². The van der Waals surface area contributed by atoms with Crippen molar-refractivity contribution in [2.75, 3.05) is 17.2 Å². The molecule has 0 aliphatic carbocycles. The normalized spacial score (nSPS) is 10.2. The highest BCUT2D eigenvalue weighted by Crippen LogP contribution is 2.15. The van der Waals surface area contributed by atoms with Crippen LogP contribution in [0, 0.1) is 0 Å². The maximum atomic E-state index is 12.4. The number of amides is 2. The minimum Gasteiger partial charge on any atom is -0.494 e. The van der Waals surface area contributed by atoms with Crippen LogP contribution in [0.5, 0.6) is 5.75 Å². The van der Waals surface area contributed by atoms with Crippen molar-refractivity contribution < 1.29 is 14.3 Å². The number of ether oxygens (including phenoxy) is 1. The van der Waals surface area contributed by atoms with E-state index < -0.39 is 0 Å². The number of carbonyl (C=O) groups excluding carboxylic acids is 2. The number of carbonyl (C=O) groups is 2. The molecule has 164 valence electrons. The molecule has 7 heteroatoms. The van der Waals surface area contributed by atoms with Crippen LogP contribution < -0.4 is 20.7 Å². The van der Waals surface area contributed by atoms with Gasteiger partial charge in [-0.1, -0.05) is 36.4 Å². The maximum absolute atomic E-state index is 12.4. The fourth-order valence-corrected chi connectivity index (χ4v) is 3.20. The summed E-state index contributed by atoms with van der Waals surface area (Å²) in [4.78, 5) is 24.6. The van der Waals surface area contributed by atoms with Crippen LogP contribution in [0.2, 0.25) is 0 Å². The van der Waals surface area contributed by atoms with Crippen LogP contribution in [0.25, 0.3) is 0 Å². The summed E-state index contributed by atoms with van der Waals surface area (Å²) in [6.07, 6.45) is 1.10. The Morgan fingerprint density at radius 2 is 1.56 bits per heavy atom. The molecule has 3 N–H and O–H groups in total. The molecule has 0 atom stereocenters. The fourth-order valence-electron chi connectivity index (χ4n) is 2.99. The van der Waals surface area contributed by atoms with Gasteiger partial charge in [0.2, 0.25) is 5.91 Å². The van der Waals surface area contributed by atoms with Crippen molar-refractivity contribution >= 4 is 40.5 Å². The molecule has 3 aromatic rings. The van der Waals surface area contributed by atoms with E-state index in [1.165, 1.54) is 0 Å². The lowest BCUT2D eigenvalue weighted by Gasteiger charge is -2.11. The van der Waals surface area contributed by atoms with Gasteiger partial charge in [0.25, 0.3) is 5.91 Å². The van der Waals surface area contributed by atoms with Gasteiger partial charge in [-0.3, -0.25) is 14.9 Å². The predicted molar refractivity (Wildman–Crippen MR) is 131 cm³/mol. The van der Waals surface area contributed by atoms with Crippen LogP contribution in [0.1, 0.15) is 29.3 Å². The summed E-state index contributed by atoms with van der Waals surface area (Å²) in [6, 6.07) is 23.9. The smallest absolute Gasteiger partial charge is 0.257 e. The Morgan fingerprint density at radius 3 is 2.25 bits per heavy atom. The second kappa shape index (κ2) is 11.6. The van der Waals surface area contributed by atoms with E-state index in [-0.39, 0.29) is 16.9 Å². The molecule has 0 bridgehead atoms. The first kappa shape index (κ1) is 23.0. The Balaban J connectivity index is 1.47. The lowest BCUT2D eigenvalue weighted by molar-refractivity contribution is -0.116. The molecule has 0 unspecified atom stereocenters. The number of benzene rings is 3. The molecule has 0 saturated carbocycles. The maximum Gasteiger partial charge on any atom is 0.257 e. The molecule has 32 heavy (non-hydrogen) atoms. The fraction of sp³-hybridized carbons (Fsp3) is 0.160. The number of anilines is 2. The molecule has 0 aliphatic rings. The molecule has 0 aromatic heterocycles. The van der Waals surface area contributed by atoms with Gasteiger partial charge >= 0.3 is 0 Å². The Kier molecular flexibility index (Phi) is 8.34. The number of hydrogen-bond donors (Lipinski definition) is 3. The molecule has 0 saturated heterocycles. The van der Waals surface area contributed by atoms with Crippen LogP contribution >= 0.6 is 12.2 Å². The van der Waals surface area contributed by atoms with Crippen molar-refractivity contribution in [1.82, 2.24) is 5.32 Å². The quantitative estimate of drug-likeness (QED) is 0.433. The minimum absolute atomic E-state index is 0.0494. The average molecular weight is 448 g/mol. The van der Waals surface area contributed by atoms with E-state index in [0.717, 1.165) is 5.56 Å². The molecule has 0 spiro atoms. The number of aryl methyl sites for hydroxylation is 1. The summed E-state index contributed by atoms with van der Waals surface area (Å²) < 4.78 is 5.42. The van der Waals surface area contributed by atoms with E-state index >= 15 is 0 Å². The van der Waals surface area contributed by atoms with Crippen LogP contribution in [-0.4, -0.2) is 23.5 Å². The number of hydrogen-bond acceptors (Lipinski definition) is 4. The molecule has 0 radical (unpaired) electrons. The molecular formula is C25H25N3O3S. The van der Waals surface area contributed by atoms with E-state index in [1.807, 2.05) is 37.3 Å². The molecule has 6 nitrogen and oxygen atoms in total. The summed E-state index contributed by atoms with van der Waals surface area (Å²) >= 11 is 5.24. The van der Waals surface area contributed by atoms with E-state index in [0.29, 0.717) is 42.1 Å². The highest BCUT2D eigenvalue weighted by atomic mass is 32.1. The van der Waals surface area contributed by atoms with Crippen molar-refractivity contribution in [3.8, 4) is 5.75 Å². The largest absolute Gasteiger partial charge is 0.494 e. The molecule has 0 heterocycles. The van der Waals surface area contributed by atoms with Crippen molar-refractivity contribution in [1.29, 1.82) is 0 Å². The van der Waals surface area contributed by atoms with Crippen LogP contribution in [0.15, 0.2) is 78.9 Å². The van der Waals surface area contributed by atoms with Crippen molar-refractivity contribution in [2.24, 2.45) is 0 Å². The Hall–Kier alpha value is -3.71. The first-order valence-corrected chi connectivity index (χ1v) is 10.7. The third-order valence-electron chi connectivity index (χ3n) is 4.54. The lowest BCUT2D eigenvalue weighted by Crippen LogP contribution is -2.34. The topological polar surface area (TPSA) is 79.5 Å². The zero-order chi connectivity index (χ0) is 22.8. The van der Waals surface area contributed by atoms with E-state index in [1.54, 1.807) is 48.5 Å². The predicted octanol–water partition coefficient (Wildman–Crippen LogP) is 4.78.